The van der Waals surface area contributed by atoms with Crippen LogP contribution in [0.5, 0.6) is 0 Å². The lowest BCUT2D eigenvalue weighted by atomic mass is 10.2. The van der Waals surface area contributed by atoms with Crippen LogP contribution in [0.4, 0.5) is 0 Å². The molecule has 0 bridgehead atoms. The van der Waals surface area contributed by atoms with Gasteiger partial charge in [0.25, 0.3) is 0 Å². The van der Waals surface area contributed by atoms with Gasteiger partial charge in [0, 0.05) is 25.0 Å². The number of rotatable bonds is 3. The Morgan fingerprint density at radius 2 is 2.40 bits per heavy atom. The molecule has 1 atom stereocenters. The zero-order valence-electron chi connectivity index (χ0n) is 8.39. The van der Waals surface area contributed by atoms with Crippen molar-refractivity contribution in [2.75, 3.05) is 11.5 Å². The predicted octanol–water partition coefficient (Wildman–Crippen LogP) is 0.358. The molecule has 1 aliphatic heterocycles. The Morgan fingerprint density at radius 1 is 1.53 bits per heavy atom. The highest BCUT2D eigenvalue weighted by Crippen LogP contribution is 2.11. The van der Waals surface area contributed by atoms with Crippen molar-refractivity contribution >= 4 is 9.84 Å². The number of nitrogens with zero attached hydrogens (tertiary/aromatic N) is 1. The average Bonchev–Trinajstić information content (AvgIpc) is 2.57. The largest absolute Gasteiger partial charge is 0.309 e. The SMILES string of the molecule is O=S1(=O)CCC(NCc2cccnc2)C1. The normalized spacial score (nSPS) is 24.1. The van der Waals surface area contributed by atoms with E-state index in [2.05, 4.69) is 10.3 Å². The Balaban J connectivity index is 1.85. The third-order valence-electron chi connectivity index (χ3n) is 2.55. The van der Waals surface area contributed by atoms with E-state index in [1.807, 2.05) is 12.1 Å². The molecule has 0 spiro atoms. The highest BCUT2D eigenvalue weighted by molar-refractivity contribution is 7.91. The minimum absolute atomic E-state index is 0.107. The summed E-state index contributed by atoms with van der Waals surface area (Å²) in [7, 11) is -2.78. The zero-order chi connectivity index (χ0) is 10.7. The van der Waals surface area contributed by atoms with Gasteiger partial charge in [-0.2, -0.15) is 0 Å². The van der Waals surface area contributed by atoms with Crippen LogP contribution in [0, 0.1) is 0 Å². The summed E-state index contributed by atoms with van der Waals surface area (Å²) >= 11 is 0. The van der Waals surface area contributed by atoms with Crippen LogP contribution in [-0.2, 0) is 16.4 Å². The summed E-state index contributed by atoms with van der Waals surface area (Å²) in [6.07, 6.45) is 4.24. The van der Waals surface area contributed by atoms with E-state index < -0.39 is 9.84 Å². The lowest BCUT2D eigenvalue weighted by Crippen LogP contribution is -2.29. The Kier molecular flexibility index (Phi) is 3.02. The average molecular weight is 226 g/mol. The van der Waals surface area contributed by atoms with Gasteiger partial charge in [0.05, 0.1) is 11.5 Å². The van der Waals surface area contributed by atoms with Gasteiger partial charge in [-0.25, -0.2) is 8.42 Å². The van der Waals surface area contributed by atoms with Crippen LogP contribution < -0.4 is 5.32 Å². The molecule has 1 N–H and O–H groups in total. The molecular formula is C10H14N2O2S. The minimum Gasteiger partial charge on any atom is -0.309 e. The van der Waals surface area contributed by atoms with Gasteiger partial charge in [-0.3, -0.25) is 4.98 Å². The zero-order valence-corrected chi connectivity index (χ0v) is 9.20. The molecule has 0 saturated carbocycles. The topological polar surface area (TPSA) is 59.1 Å². The lowest BCUT2D eigenvalue weighted by Gasteiger charge is -2.09. The van der Waals surface area contributed by atoms with Crippen LogP contribution in [-0.4, -0.2) is 30.9 Å². The molecule has 0 amide bonds. The summed E-state index contributed by atoms with van der Waals surface area (Å²) in [5.74, 6) is 0.588. The first-order valence-corrected chi connectivity index (χ1v) is 6.80. The number of hydrogen-bond donors (Lipinski definition) is 1. The predicted molar refractivity (Wildman–Crippen MR) is 58.1 cm³/mol. The highest BCUT2D eigenvalue weighted by Gasteiger charge is 2.27. The third-order valence-corrected chi connectivity index (χ3v) is 4.32. The van der Waals surface area contributed by atoms with E-state index in [0.717, 1.165) is 12.0 Å². The molecule has 2 heterocycles. The van der Waals surface area contributed by atoms with Crippen molar-refractivity contribution < 1.29 is 8.42 Å². The molecule has 1 aromatic rings. The maximum Gasteiger partial charge on any atom is 0.151 e. The molecule has 5 heteroatoms. The first-order chi connectivity index (χ1) is 7.16. The molecule has 2 rings (SSSR count). The number of hydrogen-bond acceptors (Lipinski definition) is 4. The van der Waals surface area contributed by atoms with Crippen molar-refractivity contribution in [3.63, 3.8) is 0 Å². The number of aromatic nitrogens is 1. The van der Waals surface area contributed by atoms with Crippen LogP contribution in [0.1, 0.15) is 12.0 Å². The fourth-order valence-electron chi connectivity index (χ4n) is 1.72. The van der Waals surface area contributed by atoms with Crippen LogP contribution in [0.15, 0.2) is 24.5 Å². The van der Waals surface area contributed by atoms with E-state index in [1.165, 1.54) is 0 Å². The molecule has 0 aromatic carbocycles. The Morgan fingerprint density at radius 3 is 3.00 bits per heavy atom. The third kappa shape index (κ3) is 3.00. The quantitative estimate of drug-likeness (QED) is 0.808. The van der Waals surface area contributed by atoms with Gasteiger partial charge >= 0.3 is 0 Å². The highest BCUT2D eigenvalue weighted by atomic mass is 32.2. The van der Waals surface area contributed by atoms with Crippen LogP contribution in [0.3, 0.4) is 0 Å². The smallest absolute Gasteiger partial charge is 0.151 e. The standard InChI is InChI=1S/C10H14N2O2S/c13-15(14)5-3-10(8-15)12-7-9-2-1-4-11-6-9/h1-2,4,6,10,12H,3,5,7-8H2. The van der Waals surface area contributed by atoms with Gasteiger partial charge in [-0.15, -0.1) is 0 Å². The summed E-state index contributed by atoms with van der Waals surface area (Å²) in [6, 6.07) is 3.96. The van der Waals surface area contributed by atoms with E-state index >= 15 is 0 Å². The lowest BCUT2D eigenvalue weighted by molar-refractivity contribution is 0.553. The molecule has 15 heavy (non-hydrogen) atoms. The fraction of sp³-hybridized carbons (Fsp3) is 0.500. The molecule has 1 fully saturated rings. The monoisotopic (exact) mass is 226 g/mol. The van der Waals surface area contributed by atoms with Gasteiger partial charge in [0.1, 0.15) is 0 Å². The van der Waals surface area contributed by atoms with Crippen LogP contribution in [0.25, 0.3) is 0 Å². The van der Waals surface area contributed by atoms with E-state index in [9.17, 15) is 8.42 Å². The van der Waals surface area contributed by atoms with Crippen molar-refractivity contribution in [1.82, 2.24) is 10.3 Å². The van der Waals surface area contributed by atoms with Crippen molar-refractivity contribution in [3.8, 4) is 0 Å². The first kappa shape index (κ1) is 10.6. The van der Waals surface area contributed by atoms with Gasteiger partial charge in [-0.05, 0) is 18.1 Å². The number of pyridine rings is 1. The molecule has 0 aliphatic carbocycles. The minimum atomic E-state index is -2.78. The molecule has 1 unspecified atom stereocenters. The van der Waals surface area contributed by atoms with Crippen LogP contribution >= 0.6 is 0 Å². The molecule has 1 aromatic heterocycles. The maximum atomic E-state index is 11.2. The molecule has 1 saturated heterocycles. The number of nitrogens with one attached hydrogen (secondary N) is 1. The van der Waals surface area contributed by atoms with E-state index in [4.69, 9.17) is 0 Å². The fourth-order valence-corrected chi connectivity index (χ4v) is 3.43. The van der Waals surface area contributed by atoms with Crippen molar-refractivity contribution in [3.05, 3.63) is 30.1 Å². The summed E-state index contributed by atoms with van der Waals surface area (Å²) in [4.78, 5) is 4.00. The molecule has 0 radical (unpaired) electrons. The van der Waals surface area contributed by atoms with Gasteiger partial charge < -0.3 is 5.32 Å². The van der Waals surface area contributed by atoms with Gasteiger partial charge in [-0.1, -0.05) is 6.07 Å². The molecule has 1 aliphatic rings. The summed E-state index contributed by atoms with van der Waals surface area (Å²) in [5.41, 5.74) is 1.08. The van der Waals surface area contributed by atoms with Gasteiger partial charge in [0.15, 0.2) is 9.84 Å². The van der Waals surface area contributed by atoms with Crippen LogP contribution in [0.2, 0.25) is 0 Å². The Labute approximate surface area is 89.6 Å². The second-order valence-corrected chi connectivity index (χ2v) is 6.07. The Bertz CT molecular complexity index is 416. The summed E-state index contributed by atoms with van der Waals surface area (Å²) in [5, 5.41) is 3.23. The Hall–Kier alpha value is -0.940. The van der Waals surface area contributed by atoms with Gasteiger partial charge in [0.2, 0.25) is 0 Å². The summed E-state index contributed by atoms with van der Waals surface area (Å²) in [6.45, 7) is 0.689. The second-order valence-electron chi connectivity index (χ2n) is 3.84. The first-order valence-electron chi connectivity index (χ1n) is 4.98. The van der Waals surface area contributed by atoms with Crippen molar-refractivity contribution in [2.45, 2.75) is 19.0 Å². The maximum absolute atomic E-state index is 11.2. The summed E-state index contributed by atoms with van der Waals surface area (Å²) < 4.78 is 22.4. The van der Waals surface area contributed by atoms with E-state index in [-0.39, 0.29) is 11.8 Å². The van der Waals surface area contributed by atoms with E-state index in [1.54, 1.807) is 12.4 Å². The molecule has 4 nitrogen and oxygen atoms in total. The van der Waals surface area contributed by atoms with Crippen molar-refractivity contribution in [2.24, 2.45) is 0 Å². The van der Waals surface area contributed by atoms with Crippen molar-refractivity contribution in [1.29, 1.82) is 0 Å². The second kappa shape index (κ2) is 4.28. The van der Waals surface area contributed by atoms with E-state index in [0.29, 0.717) is 12.3 Å². The molecular weight excluding hydrogens is 212 g/mol. The molecule has 82 valence electrons. The number of sulfone groups is 1.